The number of benzene rings is 1. The molecule has 1 aliphatic rings. The van der Waals surface area contributed by atoms with Crippen LogP contribution in [0.25, 0.3) is 11.4 Å². The molecule has 1 aromatic heterocycles. The summed E-state index contributed by atoms with van der Waals surface area (Å²) in [6, 6.07) is 7.80. The standard InChI is InChI=1S/C13H15N3O2S/c1-17-10-4-2-9(3-5-10)12-15-13(18-16-12)11-8-19-7-6-14-11/h2-5,11,14H,6-8H2,1H3. The van der Waals surface area contributed by atoms with E-state index < -0.39 is 0 Å². The van der Waals surface area contributed by atoms with Crippen LogP contribution in [0.3, 0.4) is 0 Å². The Morgan fingerprint density at radius 1 is 1.37 bits per heavy atom. The number of ether oxygens (including phenoxy) is 1. The molecular weight excluding hydrogens is 262 g/mol. The fourth-order valence-corrected chi connectivity index (χ4v) is 2.88. The van der Waals surface area contributed by atoms with Gasteiger partial charge in [0.25, 0.3) is 0 Å². The van der Waals surface area contributed by atoms with E-state index in [2.05, 4.69) is 15.5 Å². The third kappa shape index (κ3) is 2.74. The Kier molecular flexibility index (Phi) is 3.70. The zero-order chi connectivity index (χ0) is 13.1. The van der Waals surface area contributed by atoms with Crippen LogP contribution in [0.1, 0.15) is 11.9 Å². The first-order valence-electron chi connectivity index (χ1n) is 6.16. The van der Waals surface area contributed by atoms with E-state index in [4.69, 9.17) is 9.26 Å². The molecule has 1 saturated heterocycles. The summed E-state index contributed by atoms with van der Waals surface area (Å²) in [5.41, 5.74) is 0.930. The van der Waals surface area contributed by atoms with Crippen LogP contribution in [-0.4, -0.2) is 35.3 Å². The van der Waals surface area contributed by atoms with Crippen molar-refractivity contribution in [2.24, 2.45) is 0 Å². The molecule has 0 aliphatic carbocycles. The fraction of sp³-hybridized carbons (Fsp3) is 0.385. The van der Waals surface area contributed by atoms with Crippen molar-refractivity contribution in [3.05, 3.63) is 30.2 Å². The van der Waals surface area contributed by atoms with E-state index in [1.807, 2.05) is 36.0 Å². The van der Waals surface area contributed by atoms with Gasteiger partial charge in [-0.2, -0.15) is 16.7 Å². The predicted molar refractivity (Wildman–Crippen MR) is 74.4 cm³/mol. The molecule has 1 aromatic carbocycles. The summed E-state index contributed by atoms with van der Waals surface area (Å²) < 4.78 is 10.5. The minimum Gasteiger partial charge on any atom is -0.497 e. The molecule has 0 spiro atoms. The molecule has 1 N–H and O–H groups in total. The highest BCUT2D eigenvalue weighted by molar-refractivity contribution is 7.99. The number of hydrogen-bond donors (Lipinski definition) is 1. The van der Waals surface area contributed by atoms with Crippen molar-refractivity contribution in [1.29, 1.82) is 0 Å². The van der Waals surface area contributed by atoms with E-state index in [0.29, 0.717) is 11.7 Å². The lowest BCUT2D eigenvalue weighted by Crippen LogP contribution is -2.30. The number of thioether (sulfide) groups is 1. The molecule has 3 rings (SSSR count). The van der Waals surface area contributed by atoms with Crippen LogP contribution in [0.2, 0.25) is 0 Å². The lowest BCUT2D eigenvalue weighted by atomic mass is 10.2. The third-order valence-corrected chi connectivity index (χ3v) is 4.07. The van der Waals surface area contributed by atoms with Crippen LogP contribution >= 0.6 is 11.8 Å². The van der Waals surface area contributed by atoms with Crippen molar-refractivity contribution < 1.29 is 9.26 Å². The van der Waals surface area contributed by atoms with Crippen molar-refractivity contribution in [3.63, 3.8) is 0 Å². The summed E-state index contributed by atoms with van der Waals surface area (Å²) in [6.45, 7) is 0.982. The van der Waals surface area contributed by atoms with Gasteiger partial charge in [0.05, 0.1) is 13.2 Å². The number of methoxy groups -OCH3 is 1. The third-order valence-electron chi connectivity index (χ3n) is 3.01. The fourth-order valence-electron chi connectivity index (χ4n) is 1.96. The summed E-state index contributed by atoms with van der Waals surface area (Å²) >= 11 is 1.90. The maximum absolute atomic E-state index is 5.35. The largest absolute Gasteiger partial charge is 0.497 e. The van der Waals surface area contributed by atoms with Gasteiger partial charge in [-0.05, 0) is 24.3 Å². The Balaban J connectivity index is 1.79. The molecule has 0 bridgehead atoms. The summed E-state index contributed by atoms with van der Waals surface area (Å²) in [4.78, 5) is 4.47. The molecule has 5 nitrogen and oxygen atoms in total. The summed E-state index contributed by atoms with van der Waals surface area (Å²) in [7, 11) is 1.65. The van der Waals surface area contributed by atoms with Crippen LogP contribution in [0, 0.1) is 0 Å². The van der Waals surface area contributed by atoms with Crippen molar-refractivity contribution in [1.82, 2.24) is 15.5 Å². The second kappa shape index (κ2) is 5.63. The number of rotatable bonds is 3. The predicted octanol–water partition coefficient (Wildman–Crippen LogP) is 2.12. The quantitative estimate of drug-likeness (QED) is 0.927. The summed E-state index contributed by atoms with van der Waals surface area (Å²) in [5, 5.41) is 7.42. The van der Waals surface area contributed by atoms with E-state index in [1.54, 1.807) is 7.11 Å². The van der Waals surface area contributed by atoms with E-state index in [0.717, 1.165) is 29.4 Å². The van der Waals surface area contributed by atoms with E-state index >= 15 is 0 Å². The number of nitrogens with one attached hydrogen (secondary N) is 1. The van der Waals surface area contributed by atoms with E-state index in [1.165, 1.54) is 0 Å². The highest BCUT2D eigenvalue weighted by atomic mass is 32.2. The highest BCUT2D eigenvalue weighted by Crippen LogP contribution is 2.24. The molecule has 19 heavy (non-hydrogen) atoms. The van der Waals surface area contributed by atoms with Crippen molar-refractivity contribution in [3.8, 4) is 17.1 Å². The average molecular weight is 277 g/mol. The van der Waals surface area contributed by atoms with Gasteiger partial charge in [-0.3, -0.25) is 0 Å². The highest BCUT2D eigenvalue weighted by Gasteiger charge is 2.21. The van der Waals surface area contributed by atoms with Gasteiger partial charge >= 0.3 is 0 Å². The summed E-state index contributed by atoms with van der Waals surface area (Å²) in [5.74, 6) is 4.21. The number of nitrogens with zero attached hydrogens (tertiary/aromatic N) is 2. The SMILES string of the molecule is COc1ccc(-c2noc(C3CSCCN3)n2)cc1. The smallest absolute Gasteiger partial charge is 0.244 e. The van der Waals surface area contributed by atoms with Crippen LogP contribution < -0.4 is 10.1 Å². The minimum absolute atomic E-state index is 0.165. The Morgan fingerprint density at radius 2 is 2.21 bits per heavy atom. The Morgan fingerprint density at radius 3 is 2.89 bits per heavy atom. The van der Waals surface area contributed by atoms with Gasteiger partial charge in [0.15, 0.2) is 0 Å². The number of hydrogen-bond acceptors (Lipinski definition) is 6. The average Bonchev–Trinajstić information content (AvgIpc) is 2.98. The van der Waals surface area contributed by atoms with Gasteiger partial charge in [0.1, 0.15) is 5.75 Å². The van der Waals surface area contributed by atoms with Gasteiger partial charge in [-0.15, -0.1) is 0 Å². The van der Waals surface area contributed by atoms with Gasteiger partial charge in [0, 0.05) is 23.6 Å². The molecule has 6 heteroatoms. The molecule has 1 atom stereocenters. The monoisotopic (exact) mass is 277 g/mol. The van der Waals surface area contributed by atoms with E-state index in [-0.39, 0.29) is 6.04 Å². The van der Waals surface area contributed by atoms with Gasteiger partial charge in [-0.25, -0.2) is 0 Å². The van der Waals surface area contributed by atoms with Gasteiger partial charge < -0.3 is 14.6 Å². The molecular formula is C13H15N3O2S. The molecule has 1 aliphatic heterocycles. The topological polar surface area (TPSA) is 60.2 Å². The molecule has 2 heterocycles. The molecule has 1 fully saturated rings. The number of aromatic nitrogens is 2. The van der Waals surface area contributed by atoms with Crippen LogP contribution in [0.5, 0.6) is 5.75 Å². The lowest BCUT2D eigenvalue weighted by molar-refractivity contribution is 0.342. The maximum Gasteiger partial charge on any atom is 0.244 e. The first-order chi connectivity index (χ1) is 9.36. The molecule has 0 saturated carbocycles. The zero-order valence-corrected chi connectivity index (χ0v) is 11.4. The zero-order valence-electron chi connectivity index (χ0n) is 10.6. The van der Waals surface area contributed by atoms with Crippen LogP contribution in [-0.2, 0) is 0 Å². The van der Waals surface area contributed by atoms with Crippen LogP contribution in [0.4, 0.5) is 0 Å². The normalized spacial score (nSPS) is 19.3. The molecule has 1 unspecified atom stereocenters. The Bertz CT molecular complexity index is 535. The second-order valence-corrected chi connectivity index (χ2v) is 5.42. The Hall–Kier alpha value is -1.53. The van der Waals surface area contributed by atoms with Crippen molar-refractivity contribution in [2.75, 3.05) is 25.2 Å². The molecule has 0 amide bonds. The lowest BCUT2D eigenvalue weighted by Gasteiger charge is -2.19. The molecule has 100 valence electrons. The van der Waals surface area contributed by atoms with Gasteiger partial charge in [0.2, 0.25) is 11.7 Å². The minimum atomic E-state index is 0.165. The van der Waals surface area contributed by atoms with Crippen molar-refractivity contribution in [2.45, 2.75) is 6.04 Å². The van der Waals surface area contributed by atoms with Gasteiger partial charge in [-0.1, -0.05) is 5.16 Å². The van der Waals surface area contributed by atoms with Crippen LogP contribution in [0.15, 0.2) is 28.8 Å². The first-order valence-corrected chi connectivity index (χ1v) is 7.31. The maximum atomic E-state index is 5.35. The second-order valence-electron chi connectivity index (χ2n) is 4.27. The molecule has 0 radical (unpaired) electrons. The summed E-state index contributed by atoms with van der Waals surface area (Å²) in [6.07, 6.45) is 0. The molecule has 2 aromatic rings. The van der Waals surface area contributed by atoms with Crippen molar-refractivity contribution >= 4 is 11.8 Å². The first kappa shape index (κ1) is 12.5. The van der Waals surface area contributed by atoms with E-state index in [9.17, 15) is 0 Å². The Labute approximate surface area is 115 Å².